The van der Waals surface area contributed by atoms with Crippen molar-refractivity contribution in [2.45, 2.75) is 6.04 Å². The van der Waals surface area contributed by atoms with Gasteiger partial charge in [-0.2, -0.15) is 16.7 Å². The van der Waals surface area contributed by atoms with E-state index in [1.54, 1.807) is 12.1 Å². The molecular weight excluding hydrogens is 298 g/mol. The largest absolute Gasteiger partial charge is 0.507 e. The van der Waals surface area contributed by atoms with Gasteiger partial charge >= 0.3 is 0 Å². The molecule has 1 aromatic heterocycles. The topological polar surface area (TPSA) is 62.4 Å². The van der Waals surface area contributed by atoms with Crippen LogP contribution in [-0.4, -0.2) is 45.2 Å². The van der Waals surface area contributed by atoms with Crippen LogP contribution in [0.15, 0.2) is 22.7 Å². The number of phenolic OH excluding ortho intramolecular Hbond substituents is 1. The van der Waals surface area contributed by atoms with Gasteiger partial charge in [-0.1, -0.05) is 16.8 Å². The maximum absolute atomic E-state index is 9.89. The van der Waals surface area contributed by atoms with Gasteiger partial charge in [0.1, 0.15) is 5.75 Å². The van der Waals surface area contributed by atoms with Gasteiger partial charge in [-0.25, -0.2) is 0 Å². The molecule has 0 bridgehead atoms. The fourth-order valence-corrected chi connectivity index (χ4v) is 3.50. The molecule has 0 saturated carbocycles. The lowest BCUT2D eigenvalue weighted by Gasteiger charge is -2.29. The lowest BCUT2D eigenvalue weighted by atomic mass is 10.2. The lowest BCUT2D eigenvalue weighted by molar-refractivity contribution is 0.257. The number of benzene rings is 1. The predicted octanol–water partition coefficient (Wildman–Crippen LogP) is 2.82. The first kappa shape index (κ1) is 13.7. The van der Waals surface area contributed by atoms with Crippen LogP contribution in [0.1, 0.15) is 11.9 Å². The second-order valence-corrected chi connectivity index (χ2v) is 6.28. The van der Waals surface area contributed by atoms with Crippen molar-refractivity contribution in [3.63, 3.8) is 0 Å². The average molecular weight is 312 g/mol. The van der Waals surface area contributed by atoms with Gasteiger partial charge in [-0.15, -0.1) is 0 Å². The first-order chi connectivity index (χ1) is 9.65. The molecule has 1 aromatic carbocycles. The summed E-state index contributed by atoms with van der Waals surface area (Å²) < 4.78 is 5.27. The Morgan fingerprint density at radius 2 is 2.35 bits per heavy atom. The van der Waals surface area contributed by atoms with Crippen molar-refractivity contribution in [1.82, 2.24) is 15.0 Å². The van der Waals surface area contributed by atoms with E-state index < -0.39 is 0 Å². The van der Waals surface area contributed by atoms with Crippen LogP contribution in [0.25, 0.3) is 11.5 Å². The van der Waals surface area contributed by atoms with Gasteiger partial charge in [0.15, 0.2) is 5.82 Å². The monoisotopic (exact) mass is 311 g/mol. The summed E-state index contributed by atoms with van der Waals surface area (Å²) in [7, 11) is 2.06. The van der Waals surface area contributed by atoms with Gasteiger partial charge in [0.05, 0.1) is 11.6 Å². The zero-order valence-corrected chi connectivity index (χ0v) is 12.5. The van der Waals surface area contributed by atoms with E-state index in [1.165, 1.54) is 6.07 Å². The predicted molar refractivity (Wildman–Crippen MR) is 79.1 cm³/mol. The van der Waals surface area contributed by atoms with Gasteiger partial charge in [-0.05, 0) is 25.2 Å². The number of aromatic nitrogens is 2. The molecule has 5 nitrogen and oxygen atoms in total. The third-order valence-electron chi connectivity index (χ3n) is 3.33. The third kappa shape index (κ3) is 2.63. The number of phenols is 1. The Hall–Kier alpha value is -1.24. The highest BCUT2D eigenvalue weighted by atomic mass is 35.5. The van der Waals surface area contributed by atoms with Crippen LogP contribution in [0.3, 0.4) is 0 Å². The fraction of sp³-hybridized carbons (Fsp3) is 0.385. The highest BCUT2D eigenvalue weighted by Crippen LogP contribution is 2.32. The molecule has 2 heterocycles. The molecule has 0 radical (unpaired) electrons. The summed E-state index contributed by atoms with van der Waals surface area (Å²) in [5.74, 6) is 3.08. The van der Waals surface area contributed by atoms with E-state index in [9.17, 15) is 5.11 Å². The van der Waals surface area contributed by atoms with Crippen molar-refractivity contribution in [2.75, 3.05) is 25.1 Å². The average Bonchev–Trinajstić information content (AvgIpc) is 2.88. The maximum Gasteiger partial charge on any atom is 0.261 e. The third-order valence-corrected chi connectivity index (χ3v) is 4.58. The van der Waals surface area contributed by atoms with E-state index in [0.717, 1.165) is 18.1 Å². The van der Waals surface area contributed by atoms with Crippen molar-refractivity contribution in [3.05, 3.63) is 29.0 Å². The van der Waals surface area contributed by atoms with Crippen molar-refractivity contribution < 1.29 is 9.63 Å². The minimum absolute atomic E-state index is 0.0408. The van der Waals surface area contributed by atoms with E-state index in [0.29, 0.717) is 22.3 Å². The van der Waals surface area contributed by atoms with Crippen LogP contribution in [0.2, 0.25) is 5.02 Å². The molecule has 106 valence electrons. The molecule has 2 aromatic rings. The van der Waals surface area contributed by atoms with Gasteiger partial charge in [0.25, 0.3) is 5.89 Å². The first-order valence-electron chi connectivity index (χ1n) is 6.25. The molecule has 1 atom stereocenters. The molecule has 1 aliphatic rings. The maximum atomic E-state index is 9.89. The van der Waals surface area contributed by atoms with Gasteiger partial charge in [0, 0.05) is 23.1 Å². The summed E-state index contributed by atoms with van der Waals surface area (Å²) in [6.45, 7) is 1.01. The minimum Gasteiger partial charge on any atom is -0.507 e. The van der Waals surface area contributed by atoms with Crippen molar-refractivity contribution in [3.8, 4) is 17.2 Å². The summed E-state index contributed by atoms with van der Waals surface area (Å²) in [6.07, 6.45) is 0. The zero-order chi connectivity index (χ0) is 14.1. The van der Waals surface area contributed by atoms with Crippen molar-refractivity contribution >= 4 is 23.4 Å². The Morgan fingerprint density at radius 3 is 3.10 bits per heavy atom. The Balaban J connectivity index is 1.89. The highest BCUT2D eigenvalue weighted by molar-refractivity contribution is 7.99. The normalized spacial score (nSPS) is 20.2. The lowest BCUT2D eigenvalue weighted by Crippen LogP contribution is -2.33. The Kier molecular flexibility index (Phi) is 3.87. The molecular formula is C13H14ClN3O2S. The summed E-state index contributed by atoms with van der Waals surface area (Å²) in [5.41, 5.74) is 0.499. The fourth-order valence-electron chi connectivity index (χ4n) is 2.12. The van der Waals surface area contributed by atoms with E-state index in [2.05, 4.69) is 22.1 Å². The van der Waals surface area contributed by atoms with Crippen LogP contribution in [0, 0.1) is 0 Å². The molecule has 1 saturated heterocycles. The van der Waals surface area contributed by atoms with E-state index in [-0.39, 0.29) is 11.8 Å². The Bertz CT molecular complexity index is 619. The van der Waals surface area contributed by atoms with Gasteiger partial charge < -0.3 is 9.63 Å². The summed E-state index contributed by atoms with van der Waals surface area (Å²) in [6, 6.07) is 4.97. The second kappa shape index (κ2) is 5.63. The van der Waals surface area contributed by atoms with Crippen LogP contribution in [0.5, 0.6) is 5.75 Å². The van der Waals surface area contributed by atoms with Gasteiger partial charge in [0.2, 0.25) is 0 Å². The zero-order valence-electron chi connectivity index (χ0n) is 10.9. The second-order valence-electron chi connectivity index (χ2n) is 4.69. The number of hydrogen-bond acceptors (Lipinski definition) is 6. The van der Waals surface area contributed by atoms with Crippen LogP contribution < -0.4 is 0 Å². The molecule has 1 N–H and O–H groups in total. The standard InChI is InChI=1S/C13H14ClN3O2S/c1-17-4-5-20-7-10(17)12-15-13(19-16-12)9-3-2-8(14)6-11(9)18/h2-3,6,10,18H,4-5,7H2,1H3. The molecule has 1 fully saturated rings. The molecule has 0 aliphatic carbocycles. The van der Waals surface area contributed by atoms with Crippen molar-refractivity contribution in [2.24, 2.45) is 0 Å². The Morgan fingerprint density at radius 1 is 1.50 bits per heavy atom. The number of halogens is 1. The van der Waals surface area contributed by atoms with Gasteiger partial charge in [-0.3, -0.25) is 4.90 Å². The van der Waals surface area contributed by atoms with Crippen LogP contribution in [-0.2, 0) is 0 Å². The SMILES string of the molecule is CN1CCSCC1c1noc(-c2ccc(Cl)cc2O)n1. The number of thioether (sulfide) groups is 1. The minimum atomic E-state index is 0.0408. The van der Waals surface area contributed by atoms with Crippen LogP contribution >= 0.6 is 23.4 Å². The molecule has 1 unspecified atom stereocenters. The van der Waals surface area contributed by atoms with Crippen LogP contribution in [0.4, 0.5) is 0 Å². The number of hydrogen-bond donors (Lipinski definition) is 1. The molecule has 20 heavy (non-hydrogen) atoms. The number of aromatic hydroxyl groups is 1. The first-order valence-corrected chi connectivity index (χ1v) is 7.79. The Labute approximate surface area is 125 Å². The smallest absolute Gasteiger partial charge is 0.261 e. The summed E-state index contributed by atoms with van der Waals surface area (Å²) >= 11 is 7.70. The molecule has 1 aliphatic heterocycles. The van der Waals surface area contributed by atoms with E-state index in [1.807, 2.05) is 11.8 Å². The van der Waals surface area contributed by atoms with E-state index in [4.69, 9.17) is 16.1 Å². The molecule has 0 amide bonds. The summed E-state index contributed by atoms with van der Waals surface area (Å²) in [4.78, 5) is 6.62. The quantitative estimate of drug-likeness (QED) is 0.920. The molecule has 3 rings (SSSR count). The molecule has 7 heteroatoms. The highest BCUT2D eigenvalue weighted by Gasteiger charge is 2.26. The molecule has 0 spiro atoms. The van der Waals surface area contributed by atoms with Crippen molar-refractivity contribution in [1.29, 1.82) is 0 Å². The number of nitrogens with zero attached hydrogens (tertiary/aromatic N) is 3. The summed E-state index contributed by atoms with van der Waals surface area (Å²) in [5, 5.41) is 14.4. The van der Waals surface area contributed by atoms with E-state index >= 15 is 0 Å². The number of rotatable bonds is 2.